The van der Waals surface area contributed by atoms with Gasteiger partial charge in [-0.25, -0.2) is 0 Å². The second-order valence-corrected chi connectivity index (χ2v) is 3.79. The number of hydrogen-bond acceptors (Lipinski definition) is 6. The van der Waals surface area contributed by atoms with Gasteiger partial charge in [0.1, 0.15) is 0 Å². The van der Waals surface area contributed by atoms with E-state index in [9.17, 15) is 0 Å². The van der Waals surface area contributed by atoms with Crippen LogP contribution in [0.1, 0.15) is 0 Å². The van der Waals surface area contributed by atoms with Crippen molar-refractivity contribution in [2.45, 2.75) is 0 Å². The molecule has 0 atom stereocenters. The van der Waals surface area contributed by atoms with Crippen molar-refractivity contribution in [1.29, 1.82) is 0 Å². The zero-order chi connectivity index (χ0) is 6.24. The molecule has 0 amide bonds. The fourth-order valence-electron chi connectivity index (χ4n) is 0.192. The minimum atomic E-state index is 0. The van der Waals surface area contributed by atoms with Crippen LogP contribution in [-0.2, 0) is 0 Å². The number of hydrogen-bond donors (Lipinski definition) is 4. The van der Waals surface area contributed by atoms with Gasteiger partial charge in [-0.3, -0.25) is 0 Å². The van der Waals surface area contributed by atoms with Gasteiger partial charge in [-0.2, -0.15) is 0 Å². The van der Waals surface area contributed by atoms with E-state index in [0.717, 1.165) is 11.5 Å². The third kappa shape index (κ3) is 15.8. The van der Waals surface area contributed by atoms with E-state index in [0.29, 0.717) is 0 Å². The highest BCUT2D eigenvalue weighted by atomic mass is 33.1. The quantitative estimate of drug-likeness (QED) is 0.373. The van der Waals surface area contributed by atoms with E-state index in [-0.39, 0.29) is 25.5 Å². The number of aliphatic hydroxyl groups is 2. The van der Waals surface area contributed by atoms with E-state index in [1.807, 2.05) is 0 Å². The van der Waals surface area contributed by atoms with Crippen LogP contribution >= 0.6 is 21.6 Å². The lowest BCUT2D eigenvalue weighted by Gasteiger charge is -1.93. The Balaban J connectivity index is -0.000000245. The first-order valence-corrected chi connectivity index (χ1v) is 4.86. The van der Waals surface area contributed by atoms with Gasteiger partial charge in [-0.05, 0) is 0 Å². The highest BCUT2D eigenvalue weighted by Crippen LogP contribution is 2.18. The molecule has 6 heteroatoms. The van der Waals surface area contributed by atoms with Crippen LogP contribution in [0.4, 0.5) is 0 Å². The highest BCUT2D eigenvalue weighted by Gasteiger charge is 1.85. The first kappa shape index (κ1) is 16.9. The summed E-state index contributed by atoms with van der Waals surface area (Å²) < 4.78 is 0. The summed E-state index contributed by atoms with van der Waals surface area (Å²) in [5, 5.41) is 16.5. The Morgan fingerprint density at radius 3 is 1.30 bits per heavy atom. The van der Waals surface area contributed by atoms with Crippen LogP contribution < -0.4 is 12.3 Å². The summed E-state index contributed by atoms with van der Waals surface area (Å²) in [5.74, 6) is 1.51. The predicted octanol–water partition coefficient (Wildman–Crippen LogP) is 0.676. The Morgan fingerprint density at radius 2 is 1.10 bits per heavy atom. The van der Waals surface area contributed by atoms with E-state index >= 15 is 0 Å². The van der Waals surface area contributed by atoms with Gasteiger partial charge in [0.2, 0.25) is 0 Å². The molecule has 0 bridgehead atoms. The molecule has 0 saturated carbocycles. The average Bonchev–Trinajstić information content (AvgIpc) is 1.81. The van der Waals surface area contributed by atoms with Crippen molar-refractivity contribution in [1.82, 2.24) is 12.3 Å². The molecule has 0 heterocycles. The second-order valence-electron chi connectivity index (χ2n) is 1.09. The van der Waals surface area contributed by atoms with Crippen LogP contribution in [0.25, 0.3) is 0 Å². The summed E-state index contributed by atoms with van der Waals surface area (Å²) in [7, 11) is 3.17. The van der Waals surface area contributed by atoms with Gasteiger partial charge in [-0.15, -0.1) is 0 Å². The SMILES string of the molecule is N.N.OCCSSCCO. The maximum atomic E-state index is 8.27. The van der Waals surface area contributed by atoms with Gasteiger partial charge in [0.05, 0.1) is 13.2 Å². The summed E-state index contributed by atoms with van der Waals surface area (Å²) in [6, 6.07) is 0. The molecule has 0 fully saturated rings. The molecule has 10 heavy (non-hydrogen) atoms. The summed E-state index contributed by atoms with van der Waals surface area (Å²) in [6.07, 6.45) is 0. The topological polar surface area (TPSA) is 110 Å². The van der Waals surface area contributed by atoms with E-state index < -0.39 is 0 Å². The van der Waals surface area contributed by atoms with Crippen molar-refractivity contribution in [3.63, 3.8) is 0 Å². The molecule has 0 radical (unpaired) electrons. The zero-order valence-electron chi connectivity index (χ0n) is 5.95. The highest BCUT2D eigenvalue weighted by molar-refractivity contribution is 8.76. The molecule has 0 spiro atoms. The molecule has 0 aliphatic carbocycles. The zero-order valence-corrected chi connectivity index (χ0v) is 7.59. The first-order valence-electron chi connectivity index (χ1n) is 2.38. The Hall–Kier alpha value is 0.540. The normalized spacial score (nSPS) is 7.80. The van der Waals surface area contributed by atoms with Crippen molar-refractivity contribution in [2.75, 3.05) is 24.7 Å². The molecule has 0 saturated heterocycles. The monoisotopic (exact) mass is 188 g/mol. The molecule has 0 unspecified atom stereocenters. The molecule has 66 valence electrons. The molecule has 8 N–H and O–H groups in total. The van der Waals surface area contributed by atoms with E-state index in [4.69, 9.17) is 10.2 Å². The molecule has 0 aliphatic rings. The van der Waals surface area contributed by atoms with E-state index in [1.54, 1.807) is 21.6 Å². The Morgan fingerprint density at radius 1 is 0.800 bits per heavy atom. The summed E-state index contributed by atoms with van der Waals surface area (Å²) in [6.45, 7) is 0.451. The smallest absolute Gasteiger partial charge is 0.0530 e. The molecule has 0 aromatic rings. The van der Waals surface area contributed by atoms with Gasteiger partial charge in [0.25, 0.3) is 0 Å². The van der Waals surface area contributed by atoms with Crippen LogP contribution in [-0.4, -0.2) is 34.9 Å². The van der Waals surface area contributed by atoms with Crippen LogP contribution in [0, 0.1) is 0 Å². The summed E-state index contributed by atoms with van der Waals surface area (Å²) >= 11 is 0. The van der Waals surface area contributed by atoms with Gasteiger partial charge in [0, 0.05) is 11.5 Å². The van der Waals surface area contributed by atoms with Crippen molar-refractivity contribution >= 4 is 21.6 Å². The molecular weight excluding hydrogens is 172 g/mol. The van der Waals surface area contributed by atoms with Crippen molar-refractivity contribution in [3.8, 4) is 0 Å². The summed E-state index contributed by atoms with van der Waals surface area (Å²) in [4.78, 5) is 0. The third-order valence-electron chi connectivity index (χ3n) is 0.433. The van der Waals surface area contributed by atoms with Crippen LogP contribution in [0.5, 0.6) is 0 Å². The second kappa shape index (κ2) is 16.3. The number of aliphatic hydroxyl groups excluding tert-OH is 2. The van der Waals surface area contributed by atoms with Crippen LogP contribution in [0.3, 0.4) is 0 Å². The van der Waals surface area contributed by atoms with Crippen LogP contribution in [0.15, 0.2) is 0 Å². The van der Waals surface area contributed by atoms with Gasteiger partial charge in [0.15, 0.2) is 0 Å². The Kier molecular flexibility index (Phi) is 27.4. The van der Waals surface area contributed by atoms with Crippen molar-refractivity contribution in [3.05, 3.63) is 0 Å². The van der Waals surface area contributed by atoms with E-state index in [1.165, 1.54) is 0 Å². The maximum absolute atomic E-state index is 8.27. The van der Waals surface area contributed by atoms with E-state index in [2.05, 4.69) is 0 Å². The van der Waals surface area contributed by atoms with Gasteiger partial charge in [-0.1, -0.05) is 21.6 Å². The number of rotatable bonds is 5. The summed E-state index contributed by atoms with van der Waals surface area (Å²) in [5.41, 5.74) is 0. The van der Waals surface area contributed by atoms with Crippen molar-refractivity contribution < 1.29 is 10.2 Å². The first-order chi connectivity index (χ1) is 3.91. The Labute approximate surface area is 69.3 Å². The average molecular weight is 188 g/mol. The maximum Gasteiger partial charge on any atom is 0.0530 e. The predicted molar refractivity (Wildman–Crippen MR) is 49.1 cm³/mol. The lowest BCUT2D eigenvalue weighted by atomic mass is 10.9. The standard InChI is InChI=1S/C4H10O2S2.2H3N/c5-1-3-7-8-4-2-6;;/h5-6H,1-4H2;2*1H3. The largest absolute Gasteiger partial charge is 0.395 e. The fraction of sp³-hybridized carbons (Fsp3) is 1.00. The molecule has 4 nitrogen and oxygen atoms in total. The van der Waals surface area contributed by atoms with Crippen LogP contribution in [0.2, 0.25) is 0 Å². The lowest BCUT2D eigenvalue weighted by Crippen LogP contribution is -1.85. The van der Waals surface area contributed by atoms with Gasteiger partial charge >= 0.3 is 0 Å². The molecule has 0 aliphatic heterocycles. The molecule has 0 rings (SSSR count). The minimum absolute atomic E-state index is 0. The third-order valence-corrected chi connectivity index (χ3v) is 2.80. The van der Waals surface area contributed by atoms with Gasteiger partial charge < -0.3 is 22.5 Å². The minimum Gasteiger partial charge on any atom is -0.395 e. The molecule has 0 aromatic heterocycles. The lowest BCUT2D eigenvalue weighted by molar-refractivity contribution is 0.322. The molecular formula is C4H16N2O2S2. The Bertz CT molecular complexity index is 44.2. The molecule has 0 aromatic carbocycles. The van der Waals surface area contributed by atoms with Crippen molar-refractivity contribution in [2.24, 2.45) is 0 Å². The fourth-order valence-corrected chi connectivity index (χ4v) is 1.73.